The van der Waals surface area contributed by atoms with Crippen molar-refractivity contribution in [2.45, 2.75) is 38.0 Å². The number of hydrogen-bond acceptors (Lipinski definition) is 7. The van der Waals surface area contributed by atoms with Crippen LogP contribution in [0.15, 0.2) is 24.3 Å². The molecule has 0 bridgehead atoms. The van der Waals surface area contributed by atoms with Crippen molar-refractivity contribution in [3.63, 3.8) is 0 Å². The molecular weight excluding hydrogens is 364 g/mol. The van der Waals surface area contributed by atoms with Gasteiger partial charge in [0.1, 0.15) is 0 Å². The van der Waals surface area contributed by atoms with Gasteiger partial charge in [0.2, 0.25) is 5.91 Å². The quantitative estimate of drug-likeness (QED) is 0.568. The molecule has 2 amide bonds. The fraction of sp³-hybridized carbons (Fsp3) is 0.550. The number of rotatable bonds is 4. The van der Waals surface area contributed by atoms with Gasteiger partial charge in [-0.15, -0.1) is 0 Å². The number of hydrogen-bond donors (Lipinski definition) is 0. The van der Waals surface area contributed by atoms with Crippen molar-refractivity contribution in [2.75, 3.05) is 37.8 Å². The molecule has 1 spiro atoms. The van der Waals surface area contributed by atoms with Crippen LogP contribution in [0.25, 0.3) is 0 Å². The summed E-state index contributed by atoms with van der Waals surface area (Å²) in [6, 6.07) is 5.89. The Kier molecular flexibility index (Phi) is 5.18. The van der Waals surface area contributed by atoms with Gasteiger partial charge < -0.3 is 14.2 Å². The zero-order chi connectivity index (χ0) is 19.7. The van der Waals surface area contributed by atoms with Crippen LogP contribution in [0.4, 0.5) is 5.69 Å². The van der Waals surface area contributed by atoms with Gasteiger partial charge in [0, 0.05) is 25.9 Å². The van der Waals surface area contributed by atoms with E-state index in [0.717, 1.165) is 0 Å². The van der Waals surface area contributed by atoms with E-state index in [-0.39, 0.29) is 18.2 Å². The molecule has 3 aliphatic rings. The lowest BCUT2D eigenvalue weighted by Gasteiger charge is -2.39. The zero-order valence-corrected chi connectivity index (χ0v) is 15.9. The van der Waals surface area contributed by atoms with E-state index in [1.165, 1.54) is 4.90 Å². The third-order valence-electron chi connectivity index (χ3n) is 5.57. The molecular formula is C20H24N2O6. The number of nitrogens with zero attached hydrogens (tertiary/aromatic N) is 2. The molecule has 1 aromatic rings. The van der Waals surface area contributed by atoms with E-state index in [1.807, 2.05) is 4.90 Å². The SMILES string of the molecule is CCOC(=O)c1ccc(N2C(=O)C[C@H](N3CCC4(CC3)OCCO4)C2=O)cc1. The van der Waals surface area contributed by atoms with Crippen LogP contribution in [0.2, 0.25) is 0 Å². The molecule has 8 heteroatoms. The first-order valence-corrected chi connectivity index (χ1v) is 9.69. The lowest BCUT2D eigenvalue weighted by molar-refractivity contribution is -0.188. The molecule has 3 fully saturated rings. The molecule has 0 N–H and O–H groups in total. The first-order valence-electron chi connectivity index (χ1n) is 9.69. The van der Waals surface area contributed by atoms with Gasteiger partial charge in [0.25, 0.3) is 5.91 Å². The van der Waals surface area contributed by atoms with Gasteiger partial charge in [-0.05, 0) is 31.2 Å². The van der Waals surface area contributed by atoms with E-state index in [1.54, 1.807) is 31.2 Å². The highest BCUT2D eigenvalue weighted by atomic mass is 16.7. The van der Waals surface area contributed by atoms with Crippen LogP contribution in [0.5, 0.6) is 0 Å². The number of anilines is 1. The third kappa shape index (κ3) is 3.43. The van der Waals surface area contributed by atoms with Crippen LogP contribution in [-0.2, 0) is 23.8 Å². The molecule has 4 rings (SSSR count). The standard InChI is InChI=1S/C20H24N2O6/c1-2-26-19(25)14-3-5-15(6-4-14)22-17(23)13-16(18(22)24)21-9-7-20(8-10-21)27-11-12-28-20/h3-6,16H,2,7-13H2,1H3/t16-/m0/s1. The molecule has 0 aliphatic carbocycles. The largest absolute Gasteiger partial charge is 0.462 e. The maximum Gasteiger partial charge on any atom is 0.338 e. The maximum atomic E-state index is 13.0. The van der Waals surface area contributed by atoms with Crippen molar-refractivity contribution in [3.05, 3.63) is 29.8 Å². The second-order valence-electron chi connectivity index (χ2n) is 7.20. The smallest absolute Gasteiger partial charge is 0.338 e. The number of likely N-dealkylation sites (tertiary alicyclic amines) is 1. The topological polar surface area (TPSA) is 85.4 Å². The van der Waals surface area contributed by atoms with E-state index < -0.39 is 17.8 Å². The highest BCUT2D eigenvalue weighted by Crippen LogP contribution is 2.34. The van der Waals surface area contributed by atoms with Gasteiger partial charge in [0.15, 0.2) is 5.79 Å². The van der Waals surface area contributed by atoms with Crippen LogP contribution >= 0.6 is 0 Å². The van der Waals surface area contributed by atoms with Gasteiger partial charge in [-0.2, -0.15) is 0 Å². The summed E-state index contributed by atoms with van der Waals surface area (Å²) in [7, 11) is 0. The molecule has 150 valence electrons. The van der Waals surface area contributed by atoms with Gasteiger partial charge in [-0.1, -0.05) is 0 Å². The number of carbonyl (C=O) groups is 3. The Labute approximate surface area is 163 Å². The minimum absolute atomic E-state index is 0.160. The predicted molar refractivity (Wildman–Crippen MR) is 98.7 cm³/mol. The summed E-state index contributed by atoms with van der Waals surface area (Å²) >= 11 is 0. The fourth-order valence-electron chi connectivity index (χ4n) is 4.10. The van der Waals surface area contributed by atoms with Crippen LogP contribution in [-0.4, -0.2) is 67.4 Å². The Bertz CT molecular complexity index is 761. The van der Waals surface area contributed by atoms with Crippen LogP contribution < -0.4 is 4.90 Å². The summed E-state index contributed by atoms with van der Waals surface area (Å²) in [5.41, 5.74) is 0.862. The van der Waals surface area contributed by atoms with E-state index in [2.05, 4.69) is 0 Å². The van der Waals surface area contributed by atoms with Crippen LogP contribution in [0.3, 0.4) is 0 Å². The summed E-state index contributed by atoms with van der Waals surface area (Å²) < 4.78 is 16.4. The maximum absolute atomic E-state index is 13.0. The molecule has 0 radical (unpaired) electrons. The van der Waals surface area contributed by atoms with E-state index in [4.69, 9.17) is 14.2 Å². The number of piperidine rings is 1. The lowest BCUT2D eigenvalue weighted by atomic mass is 10.0. The molecule has 8 nitrogen and oxygen atoms in total. The molecule has 0 saturated carbocycles. The average molecular weight is 388 g/mol. The number of ether oxygens (including phenoxy) is 3. The van der Waals surface area contributed by atoms with Crippen molar-refractivity contribution >= 4 is 23.5 Å². The fourth-order valence-corrected chi connectivity index (χ4v) is 4.10. The summed E-state index contributed by atoms with van der Waals surface area (Å²) in [4.78, 5) is 40.5. The van der Waals surface area contributed by atoms with Crippen molar-refractivity contribution in [3.8, 4) is 0 Å². The molecule has 0 aromatic heterocycles. The minimum atomic E-state index is -0.509. The zero-order valence-electron chi connectivity index (χ0n) is 15.9. The van der Waals surface area contributed by atoms with Gasteiger partial charge in [-0.25, -0.2) is 9.69 Å². The Morgan fingerprint density at radius 3 is 2.39 bits per heavy atom. The van der Waals surface area contributed by atoms with Crippen LogP contribution in [0.1, 0.15) is 36.5 Å². The third-order valence-corrected chi connectivity index (χ3v) is 5.57. The van der Waals surface area contributed by atoms with E-state index in [0.29, 0.717) is 57.0 Å². The second-order valence-corrected chi connectivity index (χ2v) is 7.20. The molecule has 1 atom stereocenters. The highest BCUT2D eigenvalue weighted by Gasteiger charge is 2.47. The normalized spacial score (nSPS) is 24.9. The second kappa shape index (κ2) is 7.62. The molecule has 28 heavy (non-hydrogen) atoms. The van der Waals surface area contributed by atoms with Crippen molar-refractivity contribution in [2.24, 2.45) is 0 Å². The average Bonchev–Trinajstić information content (AvgIpc) is 3.27. The number of imide groups is 1. The monoisotopic (exact) mass is 388 g/mol. The van der Waals surface area contributed by atoms with Crippen LogP contribution in [0, 0.1) is 0 Å². The van der Waals surface area contributed by atoms with Gasteiger partial charge in [0.05, 0.1) is 43.5 Å². The number of amides is 2. The van der Waals surface area contributed by atoms with E-state index >= 15 is 0 Å². The van der Waals surface area contributed by atoms with Crippen molar-refractivity contribution in [1.29, 1.82) is 0 Å². The number of benzene rings is 1. The summed E-state index contributed by atoms with van der Waals surface area (Å²) in [6.45, 7) is 4.55. The summed E-state index contributed by atoms with van der Waals surface area (Å²) in [5, 5.41) is 0. The molecule has 3 saturated heterocycles. The summed E-state index contributed by atoms with van der Waals surface area (Å²) in [5.74, 6) is -1.39. The number of esters is 1. The Balaban J connectivity index is 1.43. The van der Waals surface area contributed by atoms with Crippen molar-refractivity contribution < 1.29 is 28.6 Å². The minimum Gasteiger partial charge on any atom is -0.462 e. The Hall–Kier alpha value is -2.29. The molecule has 3 aliphatic heterocycles. The first kappa shape index (κ1) is 19.0. The van der Waals surface area contributed by atoms with E-state index in [9.17, 15) is 14.4 Å². The molecule has 1 aromatic carbocycles. The lowest BCUT2D eigenvalue weighted by Crippen LogP contribution is -2.51. The molecule has 0 unspecified atom stereocenters. The predicted octanol–water partition coefficient (Wildman–Crippen LogP) is 1.33. The highest BCUT2D eigenvalue weighted by molar-refractivity contribution is 6.22. The van der Waals surface area contributed by atoms with Crippen molar-refractivity contribution in [1.82, 2.24) is 4.90 Å². The molecule has 3 heterocycles. The first-order chi connectivity index (χ1) is 13.5. The van der Waals surface area contributed by atoms with Gasteiger partial charge in [-0.3, -0.25) is 14.5 Å². The van der Waals surface area contributed by atoms with Gasteiger partial charge >= 0.3 is 5.97 Å². The summed E-state index contributed by atoms with van der Waals surface area (Å²) in [6.07, 6.45) is 1.55. The Morgan fingerprint density at radius 2 is 1.79 bits per heavy atom. The number of carbonyl (C=O) groups excluding carboxylic acids is 3. The Morgan fingerprint density at radius 1 is 1.14 bits per heavy atom.